The Morgan fingerprint density at radius 2 is 2.00 bits per heavy atom. The van der Waals surface area contributed by atoms with Crippen molar-refractivity contribution in [2.24, 2.45) is 0 Å². The number of hydrogen-bond donors (Lipinski definition) is 0. The lowest BCUT2D eigenvalue weighted by Gasteiger charge is -2.22. The van der Waals surface area contributed by atoms with Crippen LogP contribution in [0.2, 0.25) is 0 Å². The molecule has 0 aromatic heterocycles. The lowest BCUT2D eigenvalue weighted by Crippen LogP contribution is -2.29. The Balaban J connectivity index is 2.57. The predicted molar refractivity (Wildman–Crippen MR) is 63.3 cm³/mol. The van der Waals surface area contributed by atoms with Crippen LogP contribution in [0.1, 0.15) is 24.5 Å². The van der Waals surface area contributed by atoms with Gasteiger partial charge in [0.05, 0.1) is 18.1 Å². The van der Waals surface area contributed by atoms with Crippen LogP contribution in [0.4, 0.5) is 0 Å². The van der Waals surface area contributed by atoms with Crippen LogP contribution >= 0.6 is 0 Å². The zero-order chi connectivity index (χ0) is 13.1. The minimum Gasteiger partial charge on any atom is -0.545 e. The van der Waals surface area contributed by atoms with Gasteiger partial charge in [-0.2, -0.15) is 0 Å². The van der Waals surface area contributed by atoms with Gasteiger partial charge >= 0.3 is 5.97 Å². The van der Waals surface area contributed by atoms with Gasteiger partial charge in [-0.3, -0.25) is 0 Å². The standard InChI is InChI=1S/C14H14O4/c1-2-18-14(17)12-10-6-4-3-5-9(10)7-8-11(12)13(15)16/h3-6H,2,7-8H2,1H3,(H,15,16)/p-1. The molecule has 4 heteroatoms. The minimum atomic E-state index is -1.30. The second kappa shape index (κ2) is 5.04. The Bertz CT molecular complexity index is 528. The van der Waals surface area contributed by atoms with Crippen LogP contribution in [0, 0.1) is 0 Å². The second-order valence-corrected chi connectivity index (χ2v) is 4.02. The highest BCUT2D eigenvalue weighted by atomic mass is 16.5. The quantitative estimate of drug-likeness (QED) is 0.735. The number of carbonyl (C=O) groups excluding carboxylic acids is 2. The minimum absolute atomic E-state index is 0.0344. The Kier molecular flexibility index (Phi) is 3.46. The number of hydrogen-bond acceptors (Lipinski definition) is 4. The SMILES string of the molecule is CCOC(=O)C1=C(C(=O)[O-])CCc2ccccc21. The summed E-state index contributed by atoms with van der Waals surface area (Å²) < 4.78 is 4.93. The van der Waals surface area contributed by atoms with Gasteiger partial charge in [0.15, 0.2) is 0 Å². The number of ether oxygens (including phenoxy) is 1. The molecule has 0 radical (unpaired) electrons. The van der Waals surface area contributed by atoms with E-state index in [1.165, 1.54) is 0 Å². The van der Waals surface area contributed by atoms with Gasteiger partial charge in [0.1, 0.15) is 0 Å². The number of carboxylic acids is 1. The summed E-state index contributed by atoms with van der Waals surface area (Å²) in [6, 6.07) is 7.27. The van der Waals surface area contributed by atoms with Crippen LogP contribution in [0.15, 0.2) is 29.8 Å². The van der Waals surface area contributed by atoms with E-state index >= 15 is 0 Å². The first-order valence-electron chi connectivity index (χ1n) is 5.85. The molecule has 0 saturated heterocycles. The Labute approximate surface area is 105 Å². The van der Waals surface area contributed by atoms with Crippen LogP contribution in [-0.4, -0.2) is 18.5 Å². The number of carboxylic acid groups (broad SMARTS) is 1. The fourth-order valence-corrected chi connectivity index (χ4v) is 2.17. The van der Waals surface area contributed by atoms with Gasteiger partial charge in [0, 0.05) is 0 Å². The van der Waals surface area contributed by atoms with Gasteiger partial charge in [-0.1, -0.05) is 24.3 Å². The average molecular weight is 245 g/mol. The van der Waals surface area contributed by atoms with Gasteiger partial charge in [0.2, 0.25) is 0 Å². The zero-order valence-electron chi connectivity index (χ0n) is 10.1. The van der Waals surface area contributed by atoms with Crippen LogP contribution in [0.5, 0.6) is 0 Å². The Morgan fingerprint density at radius 3 is 2.67 bits per heavy atom. The van der Waals surface area contributed by atoms with E-state index in [2.05, 4.69) is 0 Å². The molecule has 0 atom stereocenters. The Hall–Kier alpha value is -2.10. The summed E-state index contributed by atoms with van der Waals surface area (Å²) in [5.41, 5.74) is 1.78. The molecule has 1 aliphatic carbocycles. The monoisotopic (exact) mass is 245 g/mol. The van der Waals surface area contributed by atoms with Crippen molar-refractivity contribution < 1.29 is 19.4 Å². The summed E-state index contributed by atoms with van der Waals surface area (Å²) in [7, 11) is 0. The topological polar surface area (TPSA) is 66.4 Å². The number of aliphatic carboxylic acids is 1. The molecule has 0 fully saturated rings. The molecule has 4 nitrogen and oxygen atoms in total. The van der Waals surface area contributed by atoms with Crippen molar-refractivity contribution in [2.75, 3.05) is 6.61 Å². The molecule has 1 aliphatic rings. The van der Waals surface area contributed by atoms with Crippen LogP contribution in [-0.2, 0) is 20.7 Å². The summed E-state index contributed by atoms with van der Waals surface area (Å²) in [6.45, 7) is 1.90. The molecule has 0 N–H and O–H groups in total. The van der Waals surface area contributed by atoms with Gasteiger partial charge in [-0.05, 0) is 36.5 Å². The van der Waals surface area contributed by atoms with Crippen LogP contribution in [0.25, 0.3) is 5.57 Å². The second-order valence-electron chi connectivity index (χ2n) is 4.02. The van der Waals surface area contributed by atoms with Crippen molar-refractivity contribution in [3.8, 4) is 0 Å². The summed E-state index contributed by atoms with van der Waals surface area (Å²) >= 11 is 0. The molecule has 2 rings (SSSR count). The third-order valence-electron chi connectivity index (χ3n) is 2.96. The lowest BCUT2D eigenvalue weighted by molar-refractivity contribution is -0.299. The summed E-state index contributed by atoms with van der Waals surface area (Å²) in [6.07, 6.45) is 0.899. The smallest absolute Gasteiger partial charge is 0.339 e. The van der Waals surface area contributed by atoms with Crippen molar-refractivity contribution in [3.63, 3.8) is 0 Å². The van der Waals surface area contributed by atoms with Crippen LogP contribution < -0.4 is 5.11 Å². The maximum Gasteiger partial charge on any atom is 0.339 e. The van der Waals surface area contributed by atoms with Crippen molar-refractivity contribution >= 4 is 17.5 Å². The van der Waals surface area contributed by atoms with Crippen molar-refractivity contribution in [1.82, 2.24) is 0 Å². The molecule has 0 bridgehead atoms. The zero-order valence-corrected chi connectivity index (χ0v) is 10.1. The summed E-state index contributed by atoms with van der Waals surface area (Å²) in [5, 5.41) is 11.1. The highest BCUT2D eigenvalue weighted by molar-refractivity contribution is 6.23. The first-order valence-corrected chi connectivity index (χ1v) is 5.85. The average Bonchev–Trinajstić information content (AvgIpc) is 2.37. The fraction of sp³-hybridized carbons (Fsp3) is 0.286. The number of aryl methyl sites for hydroxylation is 1. The van der Waals surface area contributed by atoms with Gasteiger partial charge in [-0.15, -0.1) is 0 Å². The molecule has 0 amide bonds. The first-order chi connectivity index (χ1) is 8.65. The van der Waals surface area contributed by atoms with E-state index in [1.807, 2.05) is 12.1 Å². The maximum absolute atomic E-state index is 11.9. The predicted octanol–water partition coefficient (Wildman–Crippen LogP) is 0.699. The molecule has 0 heterocycles. The number of rotatable bonds is 3. The molecule has 0 aliphatic heterocycles. The summed E-state index contributed by atoms with van der Waals surface area (Å²) in [5.74, 6) is -1.89. The van der Waals surface area contributed by atoms with E-state index in [0.717, 1.165) is 5.56 Å². The summed E-state index contributed by atoms with van der Waals surface area (Å²) in [4.78, 5) is 23.0. The molecule has 0 unspecified atom stereocenters. The number of esters is 1. The third kappa shape index (κ3) is 2.14. The number of carbonyl (C=O) groups is 2. The first kappa shape index (κ1) is 12.4. The maximum atomic E-state index is 11.9. The van der Waals surface area contributed by atoms with Crippen LogP contribution in [0.3, 0.4) is 0 Å². The lowest BCUT2D eigenvalue weighted by atomic mass is 9.85. The van der Waals surface area contributed by atoms with Gasteiger partial charge in [0.25, 0.3) is 0 Å². The molecular formula is C14H13O4-. The fourth-order valence-electron chi connectivity index (χ4n) is 2.17. The molecular weight excluding hydrogens is 232 g/mol. The van der Waals surface area contributed by atoms with E-state index in [9.17, 15) is 14.7 Å². The van der Waals surface area contributed by atoms with E-state index in [0.29, 0.717) is 18.4 Å². The highest BCUT2D eigenvalue weighted by Gasteiger charge is 2.25. The highest BCUT2D eigenvalue weighted by Crippen LogP contribution is 2.31. The van der Waals surface area contributed by atoms with Gasteiger partial charge < -0.3 is 14.6 Å². The van der Waals surface area contributed by atoms with Crippen molar-refractivity contribution in [3.05, 3.63) is 41.0 Å². The molecule has 18 heavy (non-hydrogen) atoms. The molecule has 1 aromatic carbocycles. The molecule has 0 spiro atoms. The van der Waals surface area contributed by atoms with Crippen molar-refractivity contribution in [1.29, 1.82) is 0 Å². The Morgan fingerprint density at radius 1 is 1.28 bits per heavy atom. The van der Waals surface area contributed by atoms with Crippen molar-refractivity contribution in [2.45, 2.75) is 19.8 Å². The van der Waals surface area contributed by atoms with E-state index in [-0.39, 0.29) is 17.8 Å². The van der Waals surface area contributed by atoms with E-state index in [1.54, 1.807) is 19.1 Å². The van der Waals surface area contributed by atoms with E-state index in [4.69, 9.17) is 4.74 Å². The normalized spacial score (nSPS) is 14.1. The van der Waals surface area contributed by atoms with E-state index < -0.39 is 11.9 Å². The number of benzene rings is 1. The largest absolute Gasteiger partial charge is 0.545 e. The third-order valence-corrected chi connectivity index (χ3v) is 2.96. The van der Waals surface area contributed by atoms with Gasteiger partial charge in [-0.25, -0.2) is 4.79 Å². The molecule has 0 saturated carbocycles. The number of fused-ring (bicyclic) bond motifs is 1. The molecule has 94 valence electrons. The molecule has 1 aromatic rings.